The van der Waals surface area contributed by atoms with Crippen LogP contribution in [0.25, 0.3) is 10.6 Å². The van der Waals surface area contributed by atoms with E-state index in [0.717, 1.165) is 21.1 Å². The lowest BCUT2D eigenvalue weighted by atomic mass is 10.1. The standard InChI is InChI=1S/C18H25N3OS/c1-12(11-19-4)18(22)21(5)14(3)16-13(2)20-17(23-16)15-9-7-6-8-10-15/h6-10,12,14,19H,11H2,1-5H3. The van der Waals surface area contributed by atoms with Crippen LogP contribution in [0.4, 0.5) is 0 Å². The molecule has 1 amide bonds. The summed E-state index contributed by atoms with van der Waals surface area (Å²) < 4.78 is 0. The van der Waals surface area contributed by atoms with Gasteiger partial charge in [-0.2, -0.15) is 0 Å². The monoisotopic (exact) mass is 331 g/mol. The van der Waals surface area contributed by atoms with Crippen molar-refractivity contribution in [2.45, 2.75) is 26.8 Å². The molecule has 1 aromatic carbocycles. The second-order valence-electron chi connectivity index (χ2n) is 5.92. The molecule has 124 valence electrons. The fraction of sp³-hybridized carbons (Fsp3) is 0.444. The summed E-state index contributed by atoms with van der Waals surface area (Å²) in [6.07, 6.45) is 0. The molecule has 0 aliphatic heterocycles. The van der Waals surface area contributed by atoms with E-state index in [-0.39, 0.29) is 17.9 Å². The van der Waals surface area contributed by atoms with E-state index >= 15 is 0 Å². The number of hydrogen-bond acceptors (Lipinski definition) is 4. The zero-order valence-electron chi connectivity index (χ0n) is 14.5. The summed E-state index contributed by atoms with van der Waals surface area (Å²) in [5.41, 5.74) is 2.12. The van der Waals surface area contributed by atoms with E-state index in [4.69, 9.17) is 4.98 Å². The molecule has 2 rings (SSSR count). The molecular weight excluding hydrogens is 306 g/mol. The molecule has 2 unspecified atom stereocenters. The third-order valence-electron chi connectivity index (χ3n) is 4.09. The molecule has 0 radical (unpaired) electrons. The highest BCUT2D eigenvalue weighted by molar-refractivity contribution is 7.15. The van der Waals surface area contributed by atoms with Gasteiger partial charge in [0.25, 0.3) is 0 Å². The number of carbonyl (C=O) groups excluding carboxylic acids is 1. The zero-order chi connectivity index (χ0) is 17.0. The minimum absolute atomic E-state index is 0.0248. The Labute approximate surface area is 142 Å². The van der Waals surface area contributed by atoms with Crippen molar-refractivity contribution in [3.05, 3.63) is 40.9 Å². The molecule has 1 heterocycles. The van der Waals surface area contributed by atoms with Crippen LogP contribution in [0.5, 0.6) is 0 Å². The first-order valence-electron chi connectivity index (χ1n) is 7.89. The van der Waals surface area contributed by atoms with Crippen molar-refractivity contribution in [3.63, 3.8) is 0 Å². The summed E-state index contributed by atoms with van der Waals surface area (Å²) >= 11 is 1.67. The average Bonchev–Trinajstić information content (AvgIpc) is 2.95. The number of rotatable bonds is 6. The Morgan fingerprint density at radius 2 is 1.96 bits per heavy atom. The largest absolute Gasteiger partial charge is 0.338 e. The van der Waals surface area contributed by atoms with Crippen LogP contribution in [0.2, 0.25) is 0 Å². The zero-order valence-corrected chi connectivity index (χ0v) is 15.3. The van der Waals surface area contributed by atoms with E-state index in [1.54, 1.807) is 11.3 Å². The lowest BCUT2D eigenvalue weighted by molar-refractivity contribution is -0.135. The number of amides is 1. The van der Waals surface area contributed by atoms with Crippen LogP contribution in [0.15, 0.2) is 30.3 Å². The summed E-state index contributed by atoms with van der Waals surface area (Å²) in [5.74, 6) is 0.121. The second kappa shape index (κ2) is 7.70. The van der Waals surface area contributed by atoms with Gasteiger partial charge in [0.2, 0.25) is 5.91 Å². The van der Waals surface area contributed by atoms with Crippen molar-refractivity contribution >= 4 is 17.2 Å². The number of benzene rings is 1. The molecule has 0 aliphatic rings. The first-order chi connectivity index (χ1) is 11.0. The minimum atomic E-state index is -0.0331. The van der Waals surface area contributed by atoms with Gasteiger partial charge in [0.1, 0.15) is 5.01 Å². The fourth-order valence-corrected chi connectivity index (χ4v) is 3.77. The number of thiazole rings is 1. The van der Waals surface area contributed by atoms with E-state index in [1.807, 2.05) is 51.0 Å². The Bertz CT molecular complexity index is 654. The van der Waals surface area contributed by atoms with Crippen LogP contribution < -0.4 is 5.32 Å². The lowest BCUT2D eigenvalue weighted by Crippen LogP contribution is -2.37. The first-order valence-corrected chi connectivity index (χ1v) is 8.71. The van der Waals surface area contributed by atoms with Crippen LogP contribution in [0.1, 0.15) is 30.5 Å². The molecule has 0 spiro atoms. The van der Waals surface area contributed by atoms with Gasteiger partial charge in [0.15, 0.2) is 0 Å². The SMILES string of the molecule is CNCC(C)C(=O)N(C)C(C)c1sc(-c2ccccc2)nc1C. The van der Waals surface area contributed by atoms with Gasteiger partial charge < -0.3 is 10.2 Å². The number of hydrogen-bond donors (Lipinski definition) is 1. The van der Waals surface area contributed by atoms with Crippen LogP contribution in [-0.4, -0.2) is 36.4 Å². The van der Waals surface area contributed by atoms with Gasteiger partial charge in [0.05, 0.1) is 16.6 Å². The number of carbonyl (C=O) groups is 1. The number of aromatic nitrogens is 1. The van der Waals surface area contributed by atoms with Gasteiger partial charge in [-0.25, -0.2) is 4.98 Å². The van der Waals surface area contributed by atoms with Crippen LogP contribution >= 0.6 is 11.3 Å². The smallest absolute Gasteiger partial charge is 0.226 e. The van der Waals surface area contributed by atoms with Crippen molar-refractivity contribution < 1.29 is 4.79 Å². The summed E-state index contributed by atoms with van der Waals surface area (Å²) in [6, 6.07) is 10.2. The summed E-state index contributed by atoms with van der Waals surface area (Å²) in [5, 5.41) is 4.07. The quantitative estimate of drug-likeness (QED) is 0.881. The fourth-order valence-electron chi connectivity index (χ4n) is 2.61. The molecule has 2 aromatic rings. The lowest BCUT2D eigenvalue weighted by Gasteiger charge is -2.27. The Morgan fingerprint density at radius 3 is 2.57 bits per heavy atom. The normalized spacial score (nSPS) is 13.6. The van der Waals surface area contributed by atoms with Crippen molar-refractivity contribution in [3.8, 4) is 10.6 Å². The maximum absolute atomic E-state index is 12.5. The Morgan fingerprint density at radius 1 is 1.30 bits per heavy atom. The van der Waals surface area contributed by atoms with E-state index < -0.39 is 0 Å². The first kappa shape index (κ1) is 17.6. The maximum atomic E-state index is 12.5. The van der Waals surface area contributed by atoms with Gasteiger partial charge in [-0.05, 0) is 20.9 Å². The summed E-state index contributed by atoms with van der Waals surface area (Å²) in [4.78, 5) is 20.2. The molecule has 0 saturated heterocycles. The number of nitrogens with one attached hydrogen (secondary N) is 1. The van der Waals surface area contributed by atoms with Crippen LogP contribution in [0, 0.1) is 12.8 Å². The van der Waals surface area contributed by atoms with Gasteiger partial charge in [0, 0.05) is 25.1 Å². The Kier molecular flexibility index (Phi) is 5.91. The third kappa shape index (κ3) is 3.98. The number of aryl methyl sites for hydroxylation is 1. The van der Waals surface area contributed by atoms with E-state index in [9.17, 15) is 4.79 Å². The number of nitrogens with zero attached hydrogens (tertiary/aromatic N) is 2. The Hall–Kier alpha value is -1.72. The van der Waals surface area contributed by atoms with Crippen molar-refractivity contribution in [2.24, 2.45) is 5.92 Å². The summed E-state index contributed by atoms with van der Waals surface area (Å²) in [6.45, 7) is 6.73. The van der Waals surface area contributed by atoms with Crippen molar-refractivity contribution in [1.29, 1.82) is 0 Å². The maximum Gasteiger partial charge on any atom is 0.226 e. The molecular formula is C18H25N3OS. The highest BCUT2D eigenvalue weighted by Crippen LogP contribution is 2.34. The topological polar surface area (TPSA) is 45.2 Å². The van der Waals surface area contributed by atoms with Gasteiger partial charge >= 0.3 is 0 Å². The highest BCUT2D eigenvalue weighted by atomic mass is 32.1. The molecule has 4 nitrogen and oxygen atoms in total. The van der Waals surface area contributed by atoms with Gasteiger partial charge in [-0.1, -0.05) is 37.3 Å². The average molecular weight is 331 g/mol. The highest BCUT2D eigenvalue weighted by Gasteiger charge is 2.25. The molecule has 0 bridgehead atoms. The van der Waals surface area contributed by atoms with Crippen molar-refractivity contribution in [2.75, 3.05) is 20.6 Å². The summed E-state index contributed by atoms with van der Waals surface area (Å²) in [7, 11) is 3.74. The molecule has 5 heteroatoms. The molecule has 1 N–H and O–H groups in total. The minimum Gasteiger partial charge on any atom is -0.338 e. The predicted molar refractivity (Wildman–Crippen MR) is 96.6 cm³/mol. The van der Waals surface area contributed by atoms with Gasteiger partial charge in [-0.3, -0.25) is 4.79 Å². The molecule has 0 saturated carbocycles. The molecule has 1 aromatic heterocycles. The molecule has 0 aliphatic carbocycles. The second-order valence-corrected chi connectivity index (χ2v) is 6.95. The van der Waals surface area contributed by atoms with E-state index in [1.165, 1.54) is 0 Å². The van der Waals surface area contributed by atoms with E-state index in [0.29, 0.717) is 6.54 Å². The van der Waals surface area contributed by atoms with E-state index in [2.05, 4.69) is 24.4 Å². The predicted octanol–water partition coefficient (Wildman–Crippen LogP) is 3.49. The molecule has 0 fully saturated rings. The Balaban J connectivity index is 2.21. The third-order valence-corrected chi connectivity index (χ3v) is 5.47. The van der Waals surface area contributed by atoms with Crippen LogP contribution in [-0.2, 0) is 4.79 Å². The molecule has 2 atom stereocenters. The van der Waals surface area contributed by atoms with Crippen LogP contribution in [0.3, 0.4) is 0 Å². The van der Waals surface area contributed by atoms with Crippen molar-refractivity contribution in [1.82, 2.24) is 15.2 Å². The molecule has 23 heavy (non-hydrogen) atoms. The van der Waals surface area contributed by atoms with Gasteiger partial charge in [-0.15, -0.1) is 11.3 Å².